The number of rotatable bonds is 7. The van der Waals surface area contributed by atoms with Gasteiger partial charge >= 0.3 is 0 Å². The molecule has 1 aromatic rings. The van der Waals surface area contributed by atoms with Crippen LogP contribution in [0.25, 0.3) is 0 Å². The number of nitrogens with one attached hydrogen (secondary N) is 1. The molecule has 1 aromatic carbocycles. The molecule has 5 nitrogen and oxygen atoms in total. The lowest BCUT2D eigenvalue weighted by molar-refractivity contribution is -0.125. The number of piperidine rings is 1. The highest BCUT2D eigenvalue weighted by Gasteiger charge is 2.31. The molecule has 2 aliphatic heterocycles. The highest BCUT2D eigenvalue weighted by molar-refractivity contribution is 5.77. The van der Waals surface area contributed by atoms with Gasteiger partial charge in [-0.15, -0.1) is 0 Å². The maximum Gasteiger partial charge on any atom is 0.234 e. The molecule has 2 aliphatic rings. The molecule has 2 fully saturated rings. The molecule has 0 aliphatic carbocycles. The van der Waals surface area contributed by atoms with Crippen LogP contribution in [0.2, 0.25) is 0 Å². The van der Waals surface area contributed by atoms with Crippen LogP contribution < -0.4 is 5.32 Å². The second-order valence-electron chi connectivity index (χ2n) is 6.69. The number of likely N-dealkylation sites (tertiary alicyclic amines) is 1. The summed E-state index contributed by atoms with van der Waals surface area (Å²) in [7, 11) is 0. The van der Waals surface area contributed by atoms with Gasteiger partial charge in [0.2, 0.25) is 5.91 Å². The summed E-state index contributed by atoms with van der Waals surface area (Å²) in [6.07, 6.45) is 4.14. The maximum absolute atomic E-state index is 12.1. The lowest BCUT2D eigenvalue weighted by Gasteiger charge is -2.34. The first-order valence-electron chi connectivity index (χ1n) is 9.07. The van der Waals surface area contributed by atoms with Gasteiger partial charge in [0.1, 0.15) is 0 Å². The second-order valence-corrected chi connectivity index (χ2v) is 6.69. The Morgan fingerprint density at radius 3 is 2.79 bits per heavy atom. The summed E-state index contributed by atoms with van der Waals surface area (Å²) in [6.45, 7) is 4.49. The number of hydrogen-bond acceptors (Lipinski definition) is 4. The minimum absolute atomic E-state index is 0.0678. The Bertz CT molecular complexity index is 503. The van der Waals surface area contributed by atoms with E-state index in [0.29, 0.717) is 25.7 Å². The molecule has 132 valence electrons. The predicted molar refractivity (Wildman–Crippen MR) is 92.6 cm³/mol. The van der Waals surface area contributed by atoms with E-state index in [1.54, 1.807) is 0 Å². The zero-order valence-corrected chi connectivity index (χ0v) is 14.3. The van der Waals surface area contributed by atoms with Crippen molar-refractivity contribution in [1.82, 2.24) is 10.2 Å². The van der Waals surface area contributed by atoms with E-state index in [2.05, 4.69) is 34.5 Å². The maximum atomic E-state index is 12.1. The van der Waals surface area contributed by atoms with E-state index >= 15 is 0 Å². The van der Waals surface area contributed by atoms with Gasteiger partial charge in [0.15, 0.2) is 6.29 Å². The quantitative estimate of drug-likeness (QED) is 0.774. The summed E-state index contributed by atoms with van der Waals surface area (Å²) < 4.78 is 11.2. The molecule has 1 unspecified atom stereocenters. The normalized spacial score (nSPS) is 22.6. The van der Waals surface area contributed by atoms with Crippen LogP contribution in [0.1, 0.15) is 24.8 Å². The Kier molecular flexibility index (Phi) is 6.64. The summed E-state index contributed by atoms with van der Waals surface area (Å²) in [5, 5.41) is 3.04. The zero-order valence-electron chi connectivity index (χ0n) is 14.3. The van der Waals surface area contributed by atoms with Crippen molar-refractivity contribution in [3.63, 3.8) is 0 Å². The van der Waals surface area contributed by atoms with Crippen molar-refractivity contribution in [3.8, 4) is 0 Å². The fourth-order valence-electron chi connectivity index (χ4n) is 3.53. The zero-order chi connectivity index (χ0) is 16.6. The highest BCUT2D eigenvalue weighted by Crippen LogP contribution is 2.24. The van der Waals surface area contributed by atoms with Crippen molar-refractivity contribution < 1.29 is 14.3 Å². The van der Waals surface area contributed by atoms with E-state index in [0.717, 1.165) is 45.3 Å². The Labute approximate surface area is 144 Å². The number of carbonyl (C=O) groups is 1. The van der Waals surface area contributed by atoms with Crippen molar-refractivity contribution >= 4 is 5.91 Å². The van der Waals surface area contributed by atoms with E-state index in [4.69, 9.17) is 9.47 Å². The average Bonchev–Trinajstić information content (AvgIpc) is 3.15. The summed E-state index contributed by atoms with van der Waals surface area (Å²) in [5.74, 6) is 0.518. The number of benzene rings is 1. The lowest BCUT2D eigenvalue weighted by Crippen LogP contribution is -2.45. The van der Waals surface area contributed by atoms with Crippen LogP contribution >= 0.6 is 0 Å². The Hall–Kier alpha value is -1.43. The third-order valence-electron chi connectivity index (χ3n) is 4.75. The standard InChI is InChI=1S/C19H28N2O3/c22-18(20-10-4-8-16-6-2-1-3-7-16)15-21-11-5-9-17(14-21)19-23-12-13-24-19/h1-3,6-7,17,19H,4-5,8-15H2,(H,20,22). The molecule has 1 amide bonds. The van der Waals surface area contributed by atoms with Crippen molar-refractivity contribution in [3.05, 3.63) is 35.9 Å². The van der Waals surface area contributed by atoms with Gasteiger partial charge in [-0.1, -0.05) is 30.3 Å². The van der Waals surface area contributed by atoms with Crippen LogP contribution in [0.15, 0.2) is 30.3 Å². The smallest absolute Gasteiger partial charge is 0.234 e. The van der Waals surface area contributed by atoms with Gasteiger partial charge < -0.3 is 14.8 Å². The molecule has 1 N–H and O–H groups in total. The molecule has 0 bridgehead atoms. The number of amides is 1. The molecule has 3 rings (SSSR count). The van der Waals surface area contributed by atoms with Crippen molar-refractivity contribution in [2.24, 2.45) is 5.92 Å². The van der Waals surface area contributed by atoms with E-state index in [-0.39, 0.29) is 12.2 Å². The average molecular weight is 332 g/mol. The topological polar surface area (TPSA) is 50.8 Å². The molecule has 2 heterocycles. The van der Waals surface area contributed by atoms with Crippen LogP contribution in [-0.4, -0.2) is 56.5 Å². The minimum Gasteiger partial charge on any atom is -0.355 e. The molecule has 1 atom stereocenters. The van der Waals surface area contributed by atoms with Crippen LogP contribution in [0, 0.1) is 5.92 Å². The van der Waals surface area contributed by atoms with Crippen LogP contribution in [0.4, 0.5) is 0 Å². The minimum atomic E-state index is -0.0678. The Morgan fingerprint density at radius 2 is 2.00 bits per heavy atom. The summed E-state index contributed by atoms with van der Waals surface area (Å²) in [6, 6.07) is 10.4. The largest absolute Gasteiger partial charge is 0.355 e. The molecular formula is C19H28N2O3. The molecule has 24 heavy (non-hydrogen) atoms. The molecule has 0 aromatic heterocycles. The molecule has 0 saturated carbocycles. The second kappa shape index (κ2) is 9.16. The van der Waals surface area contributed by atoms with Gasteiger partial charge in [-0.25, -0.2) is 0 Å². The van der Waals surface area contributed by atoms with Crippen molar-refractivity contribution in [2.75, 3.05) is 39.4 Å². The van der Waals surface area contributed by atoms with Crippen molar-refractivity contribution in [1.29, 1.82) is 0 Å². The van der Waals surface area contributed by atoms with E-state index in [1.165, 1.54) is 5.56 Å². The molecule has 0 radical (unpaired) electrons. The third kappa shape index (κ3) is 5.30. The number of nitrogens with zero attached hydrogens (tertiary/aromatic N) is 1. The van der Waals surface area contributed by atoms with E-state index in [1.807, 2.05) is 6.07 Å². The molecular weight excluding hydrogens is 304 g/mol. The van der Waals surface area contributed by atoms with Crippen LogP contribution in [0.3, 0.4) is 0 Å². The first-order valence-corrected chi connectivity index (χ1v) is 9.07. The Morgan fingerprint density at radius 1 is 1.21 bits per heavy atom. The summed E-state index contributed by atoms with van der Waals surface area (Å²) >= 11 is 0. The Balaban J connectivity index is 1.32. The van der Waals surface area contributed by atoms with Crippen molar-refractivity contribution in [2.45, 2.75) is 32.0 Å². The van der Waals surface area contributed by atoms with Gasteiger partial charge in [-0.2, -0.15) is 0 Å². The molecule has 0 spiro atoms. The number of ether oxygens (including phenoxy) is 2. The van der Waals surface area contributed by atoms with Crippen LogP contribution in [-0.2, 0) is 20.7 Å². The first kappa shape index (κ1) is 17.4. The SMILES string of the molecule is O=C(CN1CCCC(C2OCCO2)C1)NCCCc1ccccc1. The van der Waals surface area contributed by atoms with Gasteiger partial charge in [0, 0.05) is 19.0 Å². The molecule has 5 heteroatoms. The van der Waals surface area contributed by atoms with Crippen LogP contribution in [0.5, 0.6) is 0 Å². The highest BCUT2D eigenvalue weighted by atomic mass is 16.7. The number of aryl methyl sites for hydroxylation is 1. The molecule has 2 saturated heterocycles. The van der Waals surface area contributed by atoms with E-state index < -0.39 is 0 Å². The lowest BCUT2D eigenvalue weighted by atomic mass is 9.97. The van der Waals surface area contributed by atoms with Gasteiger partial charge in [0.05, 0.1) is 19.8 Å². The first-order chi connectivity index (χ1) is 11.8. The van der Waals surface area contributed by atoms with Gasteiger partial charge in [-0.3, -0.25) is 9.69 Å². The van der Waals surface area contributed by atoms with E-state index in [9.17, 15) is 4.79 Å². The van der Waals surface area contributed by atoms with Gasteiger partial charge in [0.25, 0.3) is 0 Å². The predicted octanol–water partition coefficient (Wildman–Crippen LogP) is 1.82. The summed E-state index contributed by atoms with van der Waals surface area (Å²) in [4.78, 5) is 14.4. The fraction of sp³-hybridized carbons (Fsp3) is 0.632. The fourth-order valence-corrected chi connectivity index (χ4v) is 3.53. The van der Waals surface area contributed by atoms with Gasteiger partial charge in [-0.05, 0) is 37.8 Å². The third-order valence-corrected chi connectivity index (χ3v) is 4.75. The number of hydrogen-bond donors (Lipinski definition) is 1. The summed E-state index contributed by atoms with van der Waals surface area (Å²) in [5.41, 5.74) is 1.32. The number of carbonyl (C=O) groups excluding carboxylic acids is 1. The monoisotopic (exact) mass is 332 g/mol.